The molecule has 0 saturated heterocycles. The van der Waals surface area contributed by atoms with Crippen LogP contribution in [0.3, 0.4) is 0 Å². The van der Waals surface area contributed by atoms with Crippen molar-refractivity contribution in [1.29, 1.82) is 0 Å². The van der Waals surface area contributed by atoms with Gasteiger partial charge in [0.05, 0.1) is 12.3 Å². The second-order valence-corrected chi connectivity index (χ2v) is 4.45. The Balaban J connectivity index is 2.75. The molecule has 0 amide bonds. The second-order valence-electron chi connectivity index (χ2n) is 4.45. The van der Waals surface area contributed by atoms with E-state index in [9.17, 15) is 0 Å². The smallest absolute Gasteiger partial charge is 0.160 e. The third-order valence-electron chi connectivity index (χ3n) is 3.44. The lowest BCUT2D eigenvalue weighted by Gasteiger charge is -2.28. The minimum absolute atomic E-state index is 0.372. The highest BCUT2D eigenvalue weighted by molar-refractivity contribution is 5.08. The fourth-order valence-corrected chi connectivity index (χ4v) is 2.05. The van der Waals surface area contributed by atoms with Gasteiger partial charge in [-0.15, -0.1) is 0 Å². The molecule has 1 heterocycles. The Morgan fingerprint density at radius 3 is 2.58 bits per heavy atom. The molecule has 0 radical (unpaired) electrons. The molecule has 108 valence electrons. The van der Waals surface area contributed by atoms with Crippen molar-refractivity contribution in [2.75, 3.05) is 27.4 Å². The monoisotopic (exact) mass is 267 g/mol. The van der Waals surface area contributed by atoms with Crippen molar-refractivity contribution in [2.45, 2.75) is 38.8 Å². The highest BCUT2D eigenvalue weighted by atomic mass is 16.5. The van der Waals surface area contributed by atoms with E-state index < -0.39 is 0 Å². The SMILES string of the molecule is CCC(CC)(OC)c1nccc(CNCCOC)n1. The minimum atomic E-state index is -0.372. The summed E-state index contributed by atoms with van der Waals surface area (Å²) in [6, 6.07) is 1.93. The van der Waals surface area contributed by atoms with E-state index in [1.807, 2.05) is 6.07 Å². The predicted molar refractivity (Wildman–Crippen MR) is 74.9 cm³/mol. The zero-order valence-corrected chi connectivity index (χ0v) is 12.4. The quantitative estimate of drug-likeness (QED) is 0.692. The summed E-state index contributed by atoms with van der Waals surface area (Å²) >= 11 is 0. The lowest BCUT2D eigenvalue weighted by Crippen LogP contribution is -2.30. The summed E-state index contributed by atoms with van der Waals surface area (Å²) in [6.07, 6.45) is 3.52. The number of hydrogen-bond donors (Lipinski definition) is 1. The van der Waals surface area contributed by atoms with Gasteiger partial charge in [-0.2, -0.15) is 0 Å². The van der Waals surface area contributed by atoms with Gasteiger partial charge in [0, 0.05) is 33.5 Å². The molecule has 0 spiro atoms. The normalized spacial score (nSPS) is 11.8. The van der Waals surface area contributed by atoms with Crippen LogP contribution in [-0.4, -0.2) is 37.3 Å². The van der Waals surface area contributed by atoms with Crippen LogP contribution in [0.25, 0.3) is 0 Å². The Kier molecular flexibility index (Phi) is 6.91. The highest BCUT2D eigenvalue weighted by Crippen LogP contribution is 2.29. The Morgan fingerprint density at radius 1 is 1.26 bits per heavy atom. The van der Waals surface area contributed by atoms with Gasteiger partial charge in [-0.05, 0) is 18.9 Å². The highest BCUT2D eigenvalue weighted by Gasteiger charge is 2.31. The Bertz CT molecular complexity index is 359. The van der Waals surface area contributed by atoms with Crippen molar-refractivity contribution < 1.29 is 9.47 Å². The van der Waals surface area contributed by atoms with E-state index in [-0.39, 0.29) is 5.60 Å². The molecule has 0 aliphatic carbocycles. The van der Waals surface area contributed by atoms with Crippen molar-refractivity contribution in [3.63, 3.8) is 0 Å². The first-order chi connectivity index (χ1) is 9.22. The molecule has 0 saturated carbocycles. The number of methoxy groups -OCH3 is 2. The van der Waals surface area contributed by atoms with Gasteiger partial charge in [-0.3, -0.25) is 0 Å². The standard InChI is InChI=1S/C14H25N3O2/c1-5-14(6-2,19-4)13-16-8-7-12(17-13)11-15-9-10-18-3/h7-8,15H,5-6,9-11H2,1-4H3. The van der Waals surface area contributed by atoms with Crippen molar-refractivity contribution in [1.82, 2.24) is 15.3 Å². The Hall–Kier alpha value is -1.04. The maximum Gasteiger partial charge on any atom is 0.160 e. The zero-order chi connectivity index (χ0) is 14.1. The Morgan fingerprint density at radius 2 is 2.00 bits per heavy atom. The van der Waals surface area contributed by atoms with E-state index in [1.165, 1.54) is 0 Å². The third-order valence-corrected chi connectivity index (χ3v) is 3.44. The second kappa shape index (κ2) is 8.19. The van der Waals surface area contributed by atoms with E-state index in [2.05, 4.69) is 29.1 Å². The van der Waals surface area contributed by atoms with Gasteiger partial charge in [-0.25, -0.2) is 9.97 Å². The molecule has 0 aliphatic rings. The fraction of sp³-hybridized carbons (Fsp3) is 0.714. The summed E-state index contributed by atoms with van der Waals surface area (Å²) in [5.74, 6) is 0.769. The van der Waals surface area contributed by atoms with E-state index in [0.29, 0.717) is 13.2 Å². The molecule has 5 nitrogen and oxygen atoms in total. The molecule has 5 heteroatoms. The fourth-order valence-electron chi connectivity index (χ4n) is 2.05. The van der Waals surface area contributed by atoms with E-state index in [1.54, 1.807) is 20.4 Å². The van der Waals surface area contributed by atoms with Crippen LogP contribution in [0.2, 0.25) is 0 Å². The lowest BCUT2D eigenvalue weighted by molar-refractivity contribution is -0.0293. The minimum Gasteiger partial charge on any atom is -0.383 e. The van der Waals surface area contributed by atoms with Gasteiger partial charge in [0.25, 0.3) is 0 Å². The van der Waals surface area contributed by atoms with Crippen LogP contribution in [0.4, 0.5) is 0 Å². The number of ether oxygens (including phenoxy) is 2. The van der Waals surface area contributed by atoms with Crippen LogP contribution in [0.15, 0.2) is 12.3 Å². The van der Waals surface area contributed by atoms with Crippen molar-refractivity contribution in [3.8, 4) is 0 Å². The first-order valence-corrected chi connectivity index (χ1v) is 6.79. The maximum atomic E-state index is 5.65. The van der Waals surface area contributed by atoms with Gasteiger partial charge in [-0.1, -0.05) is 13.8 Å². The molecule has 1 rings (SSSR count). The largest absolute Gasteiger partial charge is 0.383 e. The van der Waals surface area contributed by atoms with Crippen LogP contribution in [0.1, 0.15) is 38.2 Å². The number of hydrogen-bond acceptors (Lipinski definition) is 5. The van der Waals surface area contributed by atoms with Crippen LogP contribution in [-0.2, 0) is 21.6 Å². The first kappa shape index (κ1) is 16.0. The van der Waals surface area contributed by atoms with Gasteiger partial charge >= 0.3 is 0 Å². The molecule has 1 aromatic rings. The average molecular weight is 267 g/mol. The van der Waals surface area contributed by atoms with Crippen LogP contribution in [0.5, 0.6) is 0 Å². The topological polar surface area (TPSA) is 56.3 Å². The molecule has 0 unspecified atom stereocenters. The van der Waals surface area contributed by atoms with Crippen LogP contribution < -0.4 is 5.32 Å². The number of nitrogens with zero attached hydrogens (tertiary/aromatic N) is 2. The van der Waals surface area contributed by atoms with Crippen LogP contribution >= 0.6 is 0 Å². The predicted octanol–water partition coefficient (Wildman–Crippen LogP) is 1.87. The molecule has 0 aromatic carbocycles. The Labute approximate surface area is 115 Å². The number of rotatable bonds is 9. The molecular formula is C14H25N3O2. The molecule has 1 N–H and O–H groups in total. The van der Waals surface area contributed by atoms with Gasteiger partial charge in [0.15, 0.2) is 5.82 Å². The average Bonchev–Trinajstić information content (AvgIpc) is 2.47. The first-order valence-electron chi connectivity index (χ1n) is 6.79. The molecule has 0 bridgehead atoms. The summed E-state index contributed by atoms with van der Waals surface area (Å²) in [5.41, 5.74) is 0.604. The lowest BCUT2D eigenvalue weighted by atomic mass is 9.96. The summed E-state index contributed by atoms with van der Waals surface area (Å²) in [4.78, 5) is 9.00. The van der Waals surface area contributed by atoms with Gasteiger partial charge < -0.3 is 14.8 Å². The van der Waals surface area contributed by atoms with Gasteiger partial charge in [0.2, 0.25) is 0 Å². The maximum absolute atomic E-state index is 5.65. The molecule has 0 fully saturated rings. The third kappa shape index (κ3) is 4.23. The number of aromatic nitrogens is 2. The van der Waals surface area contributed by atoms with E-state index in [0.717, 1.165) is 30.9 Å². The van der Waals surface area contributed by atoms with E-state index in [4.69, 9.17) is 9.47 Å². The summed E-state index contributed by atoms with van der Waals surface area (Å²) in [6.45, 7) is 6.42. The van der Waals surface area contributed by atoms with Crippen molar-refractivity contribution in [2.24, 2.45) is 0 Å². The van der Waals surface area contributed by atoms with Crippen molar-refractivity contribution >= 4 is 0 Å². The molecule has 19 heavy (non-hydrogen) atoms. The van der Waals surface area contributed by atoms with Crippen LogP contribution in [0, 0.1) is 0 Å². The van der Waals surface area contributed by atoms with Crippen molar-refractivity contribution in [3.05, 3.63) is 23.8 Å². The number of nitrogens with one attached hydrogen (secondary N) is 1. The molecule has 0 aliphatic heterocycles. The molecular weight excluding hydrogens is 242 g/mol. The molecule has 0 atom stereocenters. The summed E-state index contributed by atoms with van der Waals surface area (Å²) in [7, 11) is 3.42. The summed E-state index contributed by atoms with van der Waals surface area (Å²) < 4.78 is 10.6. The molecule has 1 aromatic heterocycles. The van der Waals surface area contributed by atoms with Gasteiger partial charge in [0.1, 0.15) is 5.60 Å². The summed E-state index contributed by atoms with van der Waals surface area (Å²) in [5, 5.41) is 3.28. The van der Waals surface area contributed by atoms with E-state index >= 15 is 0 Å². The zero-order valence-electron chi connectivity index (χ0n) is 12.4.